The largest absolute Gasteiger partial charge is 0.206 e. The Morgan fingerprint density at radius 2 is 1.20 bits per heavy atom. The molecule has 25 heavy (non-hydrogen) atoms. The predicted octanol–water partition coefficient (Wildman–Crippen LogP) is 6.61. The van der Waals surface area contributed by atoms with Crippen LogP contribution in [0.15, 0.2) is 61.2 Å². The fourth-order valence-electron chi connectivity index (χ4n) is 2.59. The molecule has 0 aliphatic carbocycles. The Balaban J connectivity index is 2.00. The Labute approximate surface area is 143 Å². The molecule has 0 aliphatic rings. The van der Waals surface area contributed by atoms with Gasteiger partial charge in [-0.1, -0.05) is 48.6 Å². The van der Waals surface area contributed by atoms with E-state index in [0.717, 1.165) is 28.8 Å². The van der Waals surface area contributed by atoms with E-state index in [1.54, 1.807) is 6.07 Å². The summed E-state index contributed by atoms with van der Waals surface area (Å²) in [6.07, 6.45) is 0. The second-order valence-electron chi connectivity index (χ2n) is 5.81. The maximum Gasteiger partial charge on any atom is 0.194 e. The summed E-state index contributed by atoms with van der Waals surface area (Å²) < 4.78 is 54.2. The summed E-state index contributed by atoms with van der Waals surface area (Å²) in [5, 5.41) is 0. The lowest BCUT2D eigenvalue weighted by Crippen LogP contribution is -1.94. The third-order valence-corrected chi connectivity index (χ3v) is 3.97. The molecule has 0 heterocycles. The van der Waals surface area contributed by atoms with Crippen molar-refractivity contribution >= 4 is 5.57 Å². The van der Waals surface area contributed by atoms with Crippen molar-refractivity contribution in [2.75, 3.05) is 0 Å². The van der Waals surface area contributed by atoms with Gasteiger partial charge in [-0.05, 0) is 47.4 Å². The first-order valence-corrected chi connectivity index (χ1v) is 7.57. The Hall–Kier alpha value is -2.88. The van der Waals surface area contributed by atoms with Gasteiger partial charge >= 0.3 is 0 Å². The third-order valence-electron chi connectivity index (χ3n) is 3.97. The van der Waals surface area contributed by atoms with Gasteiger partial charge in [0.1, 0.15) is 5.82 Å². The molecule has 0 saturated heterocycles. The first kappa shape index (κ1) is 17.0. The molecular weight excluding hydrogens is 328 g/mol. The zero-order valence-electron chi connectivity index (χ0n) is 13.4. The molecule has 0 N–H and O–H groups in total. The Bertz CT molecular complexity index is 933. The molecule has 0 aromatic heterocycles. The van der Waals surface area contributed by atoms with Crippen LogP contribution in [0.2, 0.25) is 0 Å². The summed E-state index contributed by atoms with van der Waals surface area (Å²) in [4.78, 5) is 0. The van der Waals surface area contributed by atoms with Crippen molar-refractivity contribution in [1.82, 2.24) is 0 Å². The standard InChI is InChI=1S/C21H14F4/c1-12(2)13-3-5-14(6-4-13)15-7-8-17(18(22)9-15)16-10-19(23)21(25)20(24)11-16/h3-11H,1H2,2H3. The van der Waals surface area contributed by atoms with Crippen molar-refractivity contribution < 1.29 is 17.6 Å². The highest BCUT2D eigenvalue weighted by atomic mass is 19.2. The van der Waals surface area contributed by atoms with E-state index in [2.05, 4.69) is 6.58 Å². The first-order chi connectivity index (χ1) is 11.9. The number of halogens is 4. The molecule has 3 rings (SSSR count). The van der Waals surface area contributed by atoms with E-state index in [4.69, 9.17) is 0 Å². The molecule has 0 unspecified atom stereocenters. The van der Waals surface area contributed by atoms with E-state index in [-0.39, 0.29) is 11.1 Å². The summed E-state index contributed by atoms with van der Waals surface area (Å²) in [6, 6.07) is 13.4. The van der Waals surface area contributed by atoms with Crippen LogP contribution < -0.4 is 0 Å². The highest BCUT2D eigenvalue weighted by Crippen LogP contribution is 2.30. The van der Waals surface area contributed by atoms with E-state index in [0.29, 0.717) is 5.56 Å². The molecule has 0 aliphatic heterocycles. The van der Waals surface area contributed by atoms with Gasteiger partial charge in [0, 0.05) is 5.56 Å². The van der Waals surface area contributed by atoms with Gasteiger partial charge in [-0.2, -0.15) is 0 Å². The van der Waals surface area contributed by atoms with Gasteiger partial charge in [0.15, 0.2) is 17.5 Å². The molecule has 0 atom stereocenters. The predicted molar refractivity (Wildman–Crippen MR) is 91.9 cm³/mol. The quantitative estimate of drug-likeness (QED) is 0.371. The van der Waals surface area contributed by atoms with Crippen molar-refractivity contribution in [2.24, 2.45) is 0 Å². The summed E-state index contributed by atoms with van der Waals surface area (Å²) in [6.45, 7) is 5.75. The maximum absolute atomic E-state index is 14.4. The van der Waals surface area contributed by atoms with Gasteiger partial charge in [-0.25, -0.2) is 17.6 Å². The molecule has 4 heteroatoms. The lowest BCUT2D eigenvalue weighted by molar-refractivity contribution is 0.447. The van der Waals surface area contributed by atoms with Crippen molar-refractivity contribution in [3.8, 4) is 22.3 Å². The number of hydrogen-bond donors (Lipinski definition) is 0. The van der Waals surface area contributed by atoms with Gasteiger partial charge in [-0.3, -0.25) is 0 Å². The minimum atomic E-state index is -1.57. The summed E-state index contributed by atoms with van der Waals surface area (Å²) in [5.41, 5.74) is 3.27. The molecule has 126 valence electrons. The molecule has 0 fully saturated rings. The highest BCUT2D eigenvalue weighted by molar-refractivity contribution is 5.72. The zero-order chi connectivity index (χ0) is 18.1. The van der Waals surface area contributed by atoms with Crippen molar-refractivity contribution in [1.29, 1.82) is 0 Å². The Kier molecular flexibility index (Phi) is 4.45. The molecule has 0 spiro atoms. The zero-order valence-corrected chi connectivity index (χ0v) is 13.4. The van der Waals surface area contributed by atoms with Crippen LogP contribution in [-0.2, 0) is 0 Å². The summed E-state index contributed by atoms with van der Waals surface area (Å²) in [5.74, 6) is -4.92. The number of hydrogen-bond acceptors (Lipinski definition) is 0. The molecule has 0 radical (unpaired) electrons. The van der Waals surface area contributed by atoms with E-state index in [9.17, 15) is 17.6 Å². The first-order valence-electron chi connectivity index (χ1n) is 7.57. The molecule has 0 bridgehead atoms. The fraction of sp³-hybridized carbons (Fsp3) is 0.0476. The van der Waals surface area contributed by atoms with Crippen molar-refractivity contribution in [3.05, 3.63) is 90.0 Å². The summed E-state index contributed by atoms with van der Waals surface area (Å²) in [7, 11) is 0. The summed E-state index contributed by atoms with van der Waals surface area (Å²) >= 11 is 0. The number of rotatable bonds is 3. The van der Waals surface area contributed by atoms with Gasteiger partial charge in [0.05, 0.1) is 0 Å². The minimum Gasteiger partial charge on any atom is -0.206 e. The molecule has 0 nitrogen and oxygen atoms in total. The maximum atomic E-state index is 14.4. The fourth-order valence-corrected chi connectivity index (χ4v) is 2.59. The van der Waals surface area contributed by atoms with Crippen LogP contribution in [0.5, 0.6) is 0 Å². The molecule has 0 saturated carbocycles. The van der Waals surface area contributed by atoms with Crippen LogP contribution in [0.25, 0.3) is 27.8 Å². The number of allylic oxidation sites excluding steroid dienone is 1. The minimum absolute atomic E-state index is 0.0000983. The van der Waals surface area contributed by atoms with Crippen LogP contribution in [0.4, 0.5) is 17.6 Å². The highest BCUT2D eigenvalue weighted by Gasteiger charge is 2.14. The molecule has 3 aromatic carbocycles. The van der Waals surface area contributed by atoms with Gasteiger partial charge in [0.2, 0.25) is 0 Å². The lowest BCUT2D eigenvalue weighted by atomic mass is 9.98. The lowest BCUT2D eigenvalue weighted by Gasteiger charge is -2.09. The van der Waals surface area contributed by atoms with Crippen molar-refractivity contribution in [3.63, 3.8) is 0 Å². The third kappa shape index (κ3) is 3.33. The van der Waals surface area contributed by atoms with E-state index in [1.165, 1.54) is 12.1 Å². The van der Waals surface area contributed by atoms with Crippen LogP contribution in [0.1, 0.15) is 12.5 Å². The van der Waals surface area contributed by atoms with Crippen LogP contribution >= 0.6 is 0 Å². The SMILES string of the molecule is C=C(C)c1ccc(-c2ccc(-c3cc(F)c(F)c(F)c3)c(F)c2)cc1. The average molecular weight is 342 g/mol. The van der Waals surface area contributed by atoms with E-state index in [1.807, 2.05) is 31.2 Å². The van der Waals surface area contributed by atoms with Crippen molar-refractivity contribution in [2.45, 2.75) is 6.92 Å². The Morgan fingerprint density at radius 3 is 1.72 bits per heavy atom. The van der Waals surface area contributed by atoms with Crippen LogP contribution in [0, 0.1) is 23.3 Å². The Morgan fingerprint density at radius 1 is 0.680 bits per heavy atom. The van der Waals surface area contributed by atoms with Gasteiger partial charge in [0.25, 0.3) is 0 Å². The molecule has 3 aromatic rings. The van der Waals surface area contributed by atoms with Gasteiger partial charge < -0.3 is 0 Å². The smallest absolute Gasteiger partial charge is 0.194 e. The monoisotopic (exact) mass is 342 g/mol. The number of benzene rings is 3. The average Bonchev–Trinajstić information content (AvgIpc) is 2.59. The van der Waals surface area contributed by atoms with Crippen LogP contribution in [0.3, 0.4) is 0 Å². The molecular formula is C21H14F4. The second-order valence-corrected chi connectivity index (χ2v) is 5.81. The normalized spacial score (nSPS) is 10.8. The molecule has 0 amide bonds. The topological polar surface area (TPSA) is 0 Å². The van der Waals surface area contributed by atoms with Gasteiger partial charge in [-0.15, -0.1) is 0 Å². The second kappa shape index (κ2) is 6.55. The van der Waals surface area contributed by atoms with E-state index >= 15 is 0 Å². The van der Waals surface area contributed by atoms with E-state index < -0.39 is 23.3 Å². The van der Waals surface area contributed by atoms with Crippen LogP contribution in [-0.4, -0.2) is 0 Å².